The number of ketones is 1. The molecule has 0 bridgehead atoms. The normalized spacial score (nSPS) is 14.5. The van der Waals surface area contributed by atoms with Gasteiger partial charge in [-0.25, -0.2) is 0 Å². The van der Waals surface area contributed by atoms with Crippen LogP contribution in [0.5, 0.6) is 51.7 Å². The molecule has 0 unspecified atom stereocenters. The molecule has 1 aliphatic rings. The Morgan fingerprint density at radius 2 is 1.40 bits per heavy atom. The maximum atomic E-state index is 13.2. The number of aromatic hydroxyl groups is 8. The largest absolute Gasteiger partial charge is 0.508 e. The van der Waals surface area contributed by atoms with Gasteiger partial charge in [-0.05, 0) is 29.8 Å². The van der Waals surface area contributed by atoms with E-state index in [1.807, 2.05) is 0 Å². The number of fused-ring (bicyclic) bond motifs is 2. The van der Waals surface area contributed by atoms with Gasteiger partial charge in [-0.2, -0.15) is 0 Å². The first-order valence-corrected chi connectivity index (χ1v) is 12.3. The van der Waals surface area contributed by atoms with Crippen molar-refractivity contribution in [2.75, 3.05) is 0 Å². The van der Waals surface area contributed by atoms with Crippen molar-refractivity contribution in [2.24, 2.45) is 0 Å². The van der Waals surface area contributed by atoms with Crippen LogP contribution >= 0.6 is 0 Å². The highest BCUT2D eigenvalue weighted by atomic mass is 16.5. The van der Waals surface area contributed by atoms with E-state index in [-0.39, 0.29) is 62.5 Å². The van der Waals surface area contributed by atoms with Gasteiger partial charge in [0, 0.05) is 35.4 Å². The number of Topliss-reactive ketones (excluding diaryl/α,β-unsaturated/α-hetero) is 1. The molecule has 1 aromatic heterocycles. The monoisotopic (exact) mass is 572 g/mol. The van der Waals surface area contributed by atoms with Crippen molar-refractivity contribution in [1.29, 1.82) is 0 Å². The summed E-state index contributed by atoms with van der Waals surface area (Å²) in [4.78, 5) is 25.9. The predicted octanol–water partition coefficient (Wildman–Crippen LogP) is 4.48. The lowest BCUT2D eigenvalue weighted by Gasteiger charge is -2.29. The number of rotatable bonds is 3. The van der Waals surface area contributed by atoms with Crippen LogP contribution in [0.2, 0.25) is 0 Å². The Bertz CT molecular complexity index is 2020. The third-order valence-corrected chi connectivity index (χ3v) is 6.96. The van der Waals surface area contributed by atoms with E-state index in [0.717, 1.165) is 30.3 Å². The Balaban J connectivity index is 1.56. The molecule has 12 nitrogen and oxygen atoms in total. The molecule has 1 aliphatic heterocycles. The molecule has 12 heteroatoms. The van der Waals surface area contributed by atoms with Crippen molar-refractivity contribution in [3.05, 3.63) is 75.9 Å². The van der Waals surface area contributed by atoms with Crippen LogP contribution in [-0.4, -0.2) is 46.6 Å². The van der Waals surface area contributed by atoms with Crippen molar-refractivity contribution in [1.82, 2.24) is 0 Å². The van der Waals surface area contributed by atoms with Crippen LogP contribution < -0.4 is 10.2 Å². The fraction of sp³-hybridized carbons (Fsp3) is 0.0667. The summed E-state index contributed by atoms with van der Waals surface area (Å²) in [5, 5.41) is 82.2. The molecule has 1 atom stereocenters. The summed E-state index contributed by atoms with van der Waals surface area (Å²) in [5.74, 6) is -5.59. The lowest BCUT2D eigenvalue weighted by atomic mass is 9.90. The molecule has 0 amide bonds. The van der Waals surface area contributed by atoms with E-state index in [2.05, 4.69) is 0 Å². The molecule has 0 fully saturated rings. The Labute approximate surface area is 234 Å². The van der Waals surface area contributed by atoms with Gasteiger partial charge in [0.25, 0.3) is 0 Å². The van der Waals surface area contributed by atoms with Crippen LogP contribution in [0.15, 0.2) is 63.8 Å². The van der Waals surface area contributed by atoms with Crippen LogP contribution in [0, 0.1) is 0 Å². The molecule has 2 heterocycles. The number of carbonyl (C=O) groups excluding carboxylic acids is 1. The predicted molar refractivity (Wildman–Crippen MR) is 145 cm³/mol. The van der Waals surface area contributed by atoms with Crippen molar-refractivity contribution >= 4 is 16.8 Å². The van der Waals surface area contributed by atoms with Gasteiger partial charge in [0.1, 0.15) is 57.1 Å². The van der Waals surface area contributed by atoms with E-state index >= 15 is 0 Å². The maximum absolute atomic E-state index is 13.2. The van der Waals surface area contributed by atoms with Crippen LogP contribution in [0.4, 0.5) is 0 Å². The van der Waals surface area contributed by atoms with Gasteiger partial charge in [-0.3, -0.25) is 9.59 Å². The molecule has 42 heavy (non-hydrogen) atoms. The first-order chi connectivity index (χ1) is 19.9. The average Bonchev–Trinajstić information content (AvgIpc) is 2.91. The van der Waals surface area contributed by atoms with Crippen LogP contribution in [0.1, 0.15) is 28.4 Å². The number of phenolic OH excluding ortho intramolecular Hbond substituents is 8. The van der Waals surface area contributed by atoms with Gasteiger partial charge >= 0.3 is 0 Å². The van der Waals surface area contributed by atoms with Crippen LogP contribution in [0.3, 0.4) is 0 Å². The molecule has 0 saturated carbocycles. The van der Waals surface area contributed by atoms with Gasteiger partial charge in [-0.15, -0.1) is 0 Å². The molecular formula is C30H20O12. The molecule has 5 aromatic rings. The number of hydrogen-bond donors (Lipinski definition) is 8. The second-order valence-electron chi connectivity index (χ2n) is 9.68. The summed E-state index contributed by atoms with van der Waals surface area (Å²) < 4.78 is 11.7. The zero-order valence-electron chi connectivity index (χ0n) is 21.2. The maximum Gasteiger partial charge on any atom is 0.197 e. The highest BCUT2D eigenvalue weighted by molar-refractivity contribution is 6.06. The lowest BCUT2D eigenvalue weighted by Crippen LogP contribution is -2.21. The first-order valence-electron chi connectivity index (χ1n) is 12.3. The molecule has 6 rings (SSSR count). The zero-order chi connectivity index (χ0) is 30.0. The summed E-state index contributed by atoms with van der Waals surface area (Å²) in [6.07, 6.45) is -1.33. The standard InChI is InChI=1S/C30H20O12/c31-13-6-17(34)27-20(37)9-24(41-25(27)7-13)12-3-14(29(40)22(39)5-12)26-18(35)8-19(36)28-21(38)10-23(42-30(26)28)11-1-2-15(32)16(33)4-11/h1-9,23,31-36,39-40H,10H2/t23-/m0/s1. The Morgan fingerprint density at radius 3 is 2.14 bits per heavy atom. The number of benzene rings is 4. The Hall–Kier alpha value is -6.04. The average molecular weight is 572 g/mol. The SMILES string of the molecule is O=C1C[C@@H](c2ccc(O)c(O)c2)Oc2c1c(O)cc(O)c2-c1cc(-c2cc(=O)c3c(O)cc(O)cc3o2)cc(O)c1O. The minimum Gasteiger partial charge on any atom is -0.508 e. The van der Waals surface area contributed by atoms with E-state index < -0.39 is 57.6 Å². The summed E-state index contributed by atoms with van der Waals surface area (Å²) in [6.45, 7) is 0. The summed E-state index contributed by atoms with van der Waals surface area (Å²) in [6, 6.07) is 10.0. The van der Waals surface area contributed by atoms with Crippen molar-refractivity contribution in [3.8, 4) is 74.2 Å². The van der Waals surface area contributed by atoms with Gasteiger partial charge in [0.05, 0.1) is 12.0 Å². The van der Waals surface area contributed by atoms with Crippen molar-refractivity contribution in [3.63, 3.8) is 0 Å². The van der Waals surface area contributed by atoms with E-state index in [0.29, 0.717) is 0 Å². The van der Waals surface area contributed by atoms with E-state index in [1.165, 1.54) is 24.3 Å². The number of carbonyl (C=O) groups is 1. The van der Waals surface area contributed by atoms with Crippen molar-refractivity contribution in [2.45, 2.75) is 12.5 Å². The number of phenols is 8. The van der Waals surface area contributed by atoms with Gasteiger partial charge in [0.15, 0.2) is 34.2 Å². The number of ether oxygens (including phenoxy) is 1. The summed E-state index contributed by atoms with van der Waals surface area (Å²) in [5.41, 5.74) is -1.46. The minimum absolute atomic E-state index is 0.00509. The zero-order valence-corrected chi connectivity index (χ0v) is 21.2. The molecule has 212 valence electrons. The quantitative estimate of drug-likeness (QED) is 0.140. The third kappa shape index (κ3) is 4.09. The molecule has 0 spiro atoms. The highest BCUT2D eigenvalue weighted by Gasteiger charge is 2.35. The number of hydrogen-bond acceptors (Lipinski definition) is 12. The molecule has 8 N–H and O–H groups in total. The molecular weight excluding hydrogens is 552 g/mol. The topological polar surface area (TPSA) is 218 Å². The van der Waals surface area contributed by atoms with E-state index in [9.17, 15) is 50.4 Å². The van der Waals surface area contributed by atoms with Crippen molar-refractivity contribution < 1.29 is 54.8 Å². The minimum atomic E-state index is -1.05. The van der Waals surface area contributed by atoms with Crippen LogP contribution in [0.25, 0.3) is 33.4 Å². The molecule has 4 aromatic carbocycles. The summed E-state index contributed by atoms with van der Waals surface area (Å²) in [7, 11) is 0. The molecule has 0 radical (unpaired) electrons. The Morgan fingerprint density at radius 1 is 0.667 bits per heavy atom. The highest BCUT2D eigenvalue weighted by Crippen LogP contribution is 2.53. The second-order valence-corrected chi connectivity index (χ2v) is 9.68. The van der Waals surface area contributed by atoms with Gasteiger partial charge in [-0.1, -0.05) is 6.07 Å². The first kappa shape index (κ1) is 26.2. The Kier molecular flexibility index (Phi) is 5.78. The van der Waals surface area contributed by atoms with Gasteiger partial charge in [0.2, 0.25) is 0 Å². The van der Waals surface area contributed by atoms with Crippen LogP contribution in [-0.2, 0) is 0 Å². The molecule has 0 saturated heterocycles. The smallest absolute Gasteiger partial charge is 0.197 e. The second kappa shape index (κ2) is 9.27. The lowest BCUT2D eigenvalue weighted by molar-refractivity contribution is 0.0845. The van der Waals surface area contributed by atoms with E-state index in [1.54, 1.807) is 0 Å². The molecule has 0 aliphatic carbocycles. The third-order valence-electron chi connectivity index (χ3n) is 6.96. The fourth-order valence-electron chi connectivity index (χ4n) is 5.01. The summed E-state index contributed by atoms with van der Waals surface area (Å²) >= 11 is 0. The van der Waals surface area contributed by atoms with E-state index in [4.69, 9.17) is 9.15 Å². The van der Waals surface area contributed by atoms with Gasteiger partial charge < -0.3 is 50.0 Å². The fourth-order valence-corrected chi connectivity index (χ4v) is 5.01.